The molecule has 0 atom stereocenters. The average molecular weight is 607 g/mol. The Bertz CT molecular complexity index is 2000. The standard InChI is InChI=1S/C38H30N4O4/c1-19-20(2)34(42-36(44)30-16-10-26(18-32(30)38(42)46)24-7-13-28(40)14-8-24)22(4)21(3)33(19)41-35(43)29-15-9-25(17-31(29)37(41)45)23-5-11-27(39)12-6-23/h5-18H,39-40H2,1-4H3. The van der Waals surface area contributed by atoms with Crippen molar-refractivity contribution in [1.82, 2.24) is 0 Å². The molecule has 8 heteroatoms. The van der Waals surface area contributed by atoms with Crippen LogP contribution in [0.5, 0.6) is 0 Å². The molecule has 7 rings (SSSR count). The van der Waals surface area contributed by atoms with Crippen LogP contribution < -0.4 is 21.3 Å². The Balaban J connectivity index is 1.27. The molecule has 0 saturated heterocycles. The number of fused-ring (bicyclic) bond motifs is 2. The summed E-state index contributed by atoms with van der Waals surface area (Å²) in [6.45, 7) is 7.23. The summed E-state index contributed by atoms with van der Waals surface area (Å²) in [5.41, 5.74) is 21.0. The molecule has 0 fully saturated rings. The van der Waals surface area contributed by atoms with Crippen LogP contribution in [0.25, 0.3) is 22.3 Å². The predicted octanol–water partition coefficient (Wildman–Crippen LogP) is 7.02. The molecule has 0 aromatic heterocycles. The maximum absolute atomic E-state index is 13.9. The first kappa shape index (κ1) is 28.7. The number of imide groups is 2. The van der Waals surface area contributed by atoms with Crippen molar-refractivity contribution >= 4 is 46.4 Å². The lowest BCUT2D eigenvalue weighted by molar-refractivity contribution is 0.0908. The molecule has 2 heterocycles. The van der Waals surface area contributed by atoms with Gasteiger partial charge in [-0.25, -0.2) is 9.80 Å². The van der Waals surface area contributed by atoms with Gasteiger partial charge in [-0.05, 0) is 121 Å². The third-order valence-corrected chi connectivity index (χ3v) is 9.25. The molecular formula is C38H30N4O4. The second-order valence-corrected chi connectivity index (χ2v) is 11.9. The van der Waals surface area contributed by atoms with Gasteiger partial charge in [0.05, 0.1) is 33.6 Å². The molecule has 2 aliphatic rings. The van der Waals surface area contributed by atoms with Crippen LogP contribution in [0.3, 0.4) is 0 Å². The highest BCUT2D eigenvalue weighted by Gasteiger charge is 2.42. The predicted molar refractivity (Wildman–Crippen MR) is 180 cm³/mol. The minimum absolute atomic E-state index is 0.315. The van der Waals surface area contributed by atoms with E-state index in [2.05, 4.69) is 0 Å². The summed E-state index contributed by atoms with van der Waals surface area (Å²) in [5, 5.41) is 0. The van der Waals surface area contributed by atoms with Gasteiger partial charge in [0.15, 0.2) is 0 Å². The summed E-state index contributed by atoms with van der Waals surface area (Å²) in [7, 11) is 0. The normalized spacial score (nSPS) is 13.9. The van der Waals surface area contributed by atoms with Gasteiger partial charge < -0.3 is 11.5 Å². The molecule has 226 valence electrons. The van der Waals surface area contributed by atoms with Crippen LogP contribution in [0, 0.1) is 27.7 Å². The molecule has 0 radical (unpaired) electrons. The van der Waals surface area contributed by atoms with E-state index in [0.29, 0.717) is 67.3 Å². The molecule has 2 aliphatic heterocycles. The van der Waals surface area contributed by atoms with Crippen molar-refractivity contribution in [3.63, 3.8) is 0 Å². The number of nitrogens with two attached hydrogens (primary N) is 2. The number of benzene rings is 5. The topological polar surface area (TPSA) is 127 Å². The quantitative estimate of drug-likeness (QED) is 0.167. The minimum atomic E-state index is -0.425. The zero-order chi connectivity index (χ0) is 32.6. The van der Waals surface area contributed by atoms with Crippen LogP contribution in [0.2, 0.25) is 0 Å². The Morgan fingerprint density at radius 2 is 0.674 bits per heavy atom. The summed E-state index contributed by atoms with van der Waals surface area (Å²) in [6.07, 6.45) is 0. The highest BCUT2D eigenvalue weighted by Crippen LogP contribution is 2.44. The van der Waals surface area contributed by atoms with E-state index in [0.717, 1.165) is 22.3 Å². The second-order valence-electron chi connectivity index (χ2n) is 11.9. The summed E-state index contributed by atoms with van der Waals surface area (Å²) < 4.78 is 0. The molecule has 8 nitrogen and oxygen atoms in total. The van der Waals surface area contributed by atoms with E-state index in [1.165, 1.54) is 9.80 Å². The number of hydrogen-bond acceptors (Lipinski definition) is 6. The van der Waals surface area contributed by atoms with Crippen LogP contribution in [-0.4, -0.2) is 23.6 Å². The van der Waals surface area contributed by atoms with E-state index < -0.39 is 23.6 Å². The molecule has 0 spiro atoms. The highest BCUT2D eigenvalue weighted by molar-refractivity contribution is 6.37. The number of hydrogen-bond donors (Lipinski definition) is 2. The first-order valence-corrected chi connectivity index (χ1v) is 14.9. The van der Waals surface area contributed by atoms with Crippen LogP contribution >= 0.6 is 0 Å². The Morgan fingerprint density at radius 1 is 0.391 bits per heavy atom. The van der Waals surface area contributed by atoms with E-state index in [9.17, 15) is 19.2 Å². The van der Waals surface area contributed by atoms with Crippen LogP contribution in [0.1, 0.15) is 63.7 Å². The summed E-state index contributed by atoms with van der Waals surface area (Å²) in [5.74, 6) is -1.69. The van der Waals surface area contributed by atoms with Crippen molar-refractivity contribution in [1.29, 1.82) is 0 Å². The lowest BCUT2D eigenvalue weighted by atomic mass is 9.94. The molecule has 0 aliphatic carbocycles. The molecule has 4 amide bonds. The molecule has 4 N–H and O–H groups in total. The number of nitrogens with zero attached hydrogens (tertiary/aromatic N) is 2. The molecule has 0 saturated carbocycles. The first-order chi connectivity index (χ1) is 22.0. The van der Waals surface area contributed by atoms with E-state index in [1.807, 2.05) is 36.4 Å². The Morgan fingerprint density at radius 3 is 1.00 bits per heavy atom. The molecule has 5 aromatic carbocycles. The van der Waals surface area contributed by atoms with Gasteiger partial charge >= 0.3 is 0 Å². The van der Waals surface area contributed by atoms with Crippen molar-refractivity contribution in [2.45, 2.75) is 27.7 Å². The van der Waals surface area contributed by atoms with Crippen molar-refractivity contribution in [2.75, 3.05) is 21.3 Å². The van der Waals surface area contributed by atoms with Crippen LogP contribution in [0.4, 0.5) is 22.7 Å². The monoisotopic (exact) mass is 606 g/mol. The third-order valence-electron chi connectivity index (χ3n) is 9.25. The lowest BCUT2D eigenvalue weighted by Crippen LogP contribution is -2.34. The first-order valence-electron chi connectivity index (χ1n) is 14.9. The molecule has 0 unspecified atom stereocenters. The number of anilines is 4. The highest BCUT2D eigenvalue weighted by atomic mass is 16.2. The van der Waals surface area contributed by atoms with E-state index in [-0.39, 0.29) is 0 Å². The van der Waals surface area contributed by atoms with Gasteiger partial charge in [0.1, 0.15) is 0 Å². The lowest BCUT2D eigenvalue weighted by Gasteiger charge is -2.28. The van der Waals surface area contributed by atoms with Crippen LogP contribution in [-0.2, 0) is 0 Å². The fourth-order valence-electron chi connectivity index (χ4n) is 6.54. The van der Waals surface area contributed by atoms with E-state index in [4.69, 9.17) is 11.5 Å². The average Bonchev–Trinajstić information content (AvgIpc) is 3.45. The number of rotatable bonds is 4. The maximum atomic E-state index is 13.9. The van der Waals surface area contributed by atoms with Gasteiger partial charge in [0.2, 0.25) is 0 Å². The number of carbonyl (C=O) groups is 4. The Labute approximate surface area is 265 Å². The van der Waals surface area contributed by atoms with Gasteiger partial charge in [0.25, 0.3) is 23.6 Å². The van der Waals surface area contributed by atoms with Crippen molar-refractivity contribution in [2.24, 2.45) is 0 Å². The third kappa shape index (κ3) is 4.14. The summed E-state index contributed by atoms with van der Waals surface area (Å²) in [6, 6.07) is 25.1. The van der Waals surface area contributed by atoms with Crippen molar-refractivity contribution in [3.05, 3.63) is 129 Å². The fraction of sp³-hybridized carbons (Fsp3) is 0.105. The van der Waals surface area contributed by atoms with E-state index in [1.54, 1.807) is 76.2 Å². The van der Waals surface area contributed by atoms with E-state index >= 15 is 0 Å². The van der Waals surface area contributed by atoms with Gasteiger partial charge in [0, 0.05) is 11.4 Å². The second kappa shape index (κ2) is 10.3. The number of nitrogen functional groups attached to an aromatic ring is 2. The molecule has 5 aromatic rings. The summed E-state index contributed by atoms with van der Waals surface area (Å²) >= 11 is 0. The van der Waals surface area contributed by atoms with Gasteiger partial charge in [-0.15, -0.1) is 0 Å². The maximum Gasteiger partial charge on any atom is 0.266 e. The zero-order valence-electron chi connectivity index (χ0n) is 25.8. The smallest absolute Gasteiger partial charge is 0.266 e. The van der Waals surface area contributed by atoms with Crippen molar-refractivity contribution in [3.8, 4) is 22.3 Å². The minimum Gasteiger partial charge on any atom is -0.399 e. The molecular weight excluding hydrogens is 576 g/mol. The fourth-order valence-corrected chi connectivity index (χ4v) is 6.54. The zero-order valence-corrected chi connectivity index (χ0v) is 25.8. The number of amides is 4. The van der Waals surface area contributed by atoms with Crippen LogP contribution in [0.15, 0.2) is 84.9 Å². The largest absolute Gasteiger partial charge is 0.399 e. The van der Waals surface area contributed by atoms with Gasteiger partial charge in [-0.1, -0.05) is 36.4 Å². The molecule has 46 heavy (non-hydrogen) atoms. The SMILES string of the molecule is Cc1c(C)c(N2C(=O)c3ccc(-c4ccc(N)cc4)cc3C2=O)c(C)c(C)c1N1C(=O)c2ccc(-c3ccc(N)cc3)cc2C1=O. The van der Waals surface area contributed by atoms with Gasteiger partial charge in [-0.2, -0.15) is 0 Å². The summed E-state index contributed by atoms with van der Waals surface area (Å²) in [4.78, 5) is 57.7. The van der Waals surface area contributed by atoms with Crippen molar-refractivity contribution < 1.29 is 19.2 Å². The Kier molecular flexibility index (Phi) is 6.42. The number of carbonyl (C=O) groups excluding carboxylic acids is 4. The Hall–Kier alpha value is -6.02. The van der Waals surface area contributed by atoms with Gasteiger partial charge in [-0.3, -0.25) is 19.2 Å². The molecule has 0 bridgehead atoms.